The third kappa shape index (κ3) is 3.37. The molecule has 0 saturated heterocycles. The van der Waals surface area contributed by atoms with Crippen LogP contribution in [0.4, 0.5) is 11.4 Å². The highest BCUT2D eigenvalue weighted by atomic mass is 16.6. The van der Waals surface area contributed by atoms with Gasteiger partial charge < -0.3 is 10.2 Å². The van der Waals surface area contributed by atoms with Gasteiger partial charge in [-0.05, 0) is 25.0 Å². The Morgan fingerprint density at radius 2 is 2.25 bits per heavy atom. The van der Waals surface area contributed by atoms with Gasteiger partial charge in [0.05, 0.1) is 4.92 Å². The Labute approximate surface area is 139 Å². The second kappa shape index (κ2) is 6.69. The molecule has 0 spiro atoms. The number of aromatic nitrogens is 2. The molecular formula is C16H19N5O3. The fourth-order valence-electron chi connectivity index (χ4n) is 2.93. The van der Waals surface area contributed by atoms with Crippen molar-refractivity contribution in [1.29, 1.82) is 0 Å². The van der Waals surface area contributed by atoms with Crippen LogP contribution in [0.5, 0.6) is 0 Å². The van der Waals surface area contributed by atoms with Crippen molar-refractivity contribution in [2.24, 2.45) is 0 Å². The minimum atomic E-state index is -0.533. The van der Waals surface area contributed by atoms with Gasteiger partial charge in [-0.2, -0.15) is 5.10 Å². The molecular weight excluding hydrogens is 310 g/mol. The van der Waals surface area contributed by atoms with Crippen LogP contribution in [0.15, 0.2) is 36.7 Å². The molecule has 8 heteroatoms. The molecule has 1 aliphatic heterocycles. The molecule has 126 valence electrons. The summed E-state index contributed by atoms with van der Waals surface area (Å²) in [5.74, 6) is -0.215. The van der Waals surface area contributed by atoms with Crippen molar-refractivity contribution in [1.82, 2.24) is 15.1 Å². The smallest absolute Gasteiger partial charge is 0.307 e. The summed E-state index contributed by atoms with van der Waals surface area (Å²) < 4.78 is 1.27. The van der Waals surface area contributed by atoms with Gasteiger partial charge in [0.25, 0.3) is 0 Å². The number of fused-ring (bicyclic) bond motifs is 1. The van der Waals surface area contributed by atoms with Gasteiger partial charge in [0.15, 0.2) is 0 Å². The topological polar surface area (TPSA) is 93.3 Å². The van der Waals surface area contributed by atoms with Gasteiger partial charge in [-0.15, -0.1) is 0 Å². The molecule has 0 saturated carbocycles. The molecule has 1 aliphatic rings. The van der Waals surface area contributed by atoms with E-state index in [2.05, 4.69) is 34.4 Å². The van der Waals surface area contributed by atoms with Gasteiger partial charge in [0, 0.05) is 24.8 Å². The van der Waals surface area contributed by atoms with Crippen LogP contribution in [0.1, 0.15) is 12.5 Å². The summed E-state index contributed by atoms with van der Waals surface area (Å²) in [5.41, 5.74) is 2.44. The van der Waals surface area contributed by atoms with E-state index in [1.54, 1.807) is 0 Å². The molecule has 1 atom stereocenters. The molecule has 0 aliphatic carbocycles. The lowest BCUT2D eigenvalue weighted by molar-refractivity contribution is -0.385. The lowest BCUT2D eigenvalue weighted by Crippen LogP contribution is -2.42. The standard InChI is InChI=1S/C16H19N5O3/c1-12(20-7-6-13-4-2-3-5-15(13)20)8-17-16(22)11-19-10-14(9-18-19)21(23)24/h2-5,9-10,12H,6-8,11H2,1H3,(H,17,22). The van der Waals surface area contributed by atoms with E-state index in [0.717, 1.165) is 19.2 Å². The van der Waals surface area contributed by atoms with Crippen molar-refractivity contribution in [2.45, 2.75) is 25.9 Å². The number of nitrogens with one attached hydrogen (secondary N) is 1. The molecule has 1 unspecified atom stereocenters. The van der Waals surface area contributed by atoms with E-state index in [-0.39, 0.29) is 24.2 Å². The van der Waals surface area contributed by atoms with Crippen molar-refractivity contribution >= 4 is 17.3 Å². The van der Waals surface area contributed by atoms with Crippen LogP contribution < -0.4 is 10.2 Å². The molecule has 1 aromatic heterocycles. The van der Waals surface area contributed by atoms with Gasteiger partial charge in [0.2, 0.25) is 5.91 Å². The van der Waals surface area contributed by atoms with Gasteiger partial charge in [-0.1, -0.05) is 18.2 Å². The summed E-state index contributed by atoms with van der Waals surface area (Å²) in [6.07, 6.45) is 3.40. The van der Waals surface area contributed by atoms with E-state index in [9.17, 15) is 14.9 Å². The van der Waals surface area contributed by atoms with E-state index in [1.165, 1.54) is 22.1 Å². The van der Waals surface area contributed by atoms with Crippen LogP contribution >= 0.6 is 0 Å². The minimum Gasteiger partial charge on any atom is -0.366 e. The SMILES string of the molecule is CC(CNC(=O)Cn1cc([N+](=O)[O-])cn1)N1CCc2ccccc21. The highest BCUT2D eigenvalue weighted by Gasteiger charge is 2.23. The Balaban J connectivity index is 1.52. The Morgan fingerprint density at radius 3 is 3.00 bits per heavy atom. The third-order valence-electron chi connectivity index (χ3n) is 4.19. The second-order valence-corrected chi connectivity index (χ2v) is 5.88. The highest BCUT2D eigenvalue weighted by molar-refractivity contribution is 5.75. The number of para-hydroxylation sites is 1. The molecule has 0 bridgehead atoms. The number of amides is 1. The van der Waals surface area contributed by atoms with Crippen LogP contribution in [-0.4, -0.2) is 39.7 Å². The first kappa shape index (κ1) is 16.0. The van der Waals surface area contributed by atoms with E-state index < -0.39 is 4.92 Å². The van der Waals surface area contributed by atoms with Gasteiger partial charge in [-0.25, -0.2) is 0 Å². The summed E-state index contributed by atoms with van der Waals surface area (Å²) in [7, 11) is 0. The summed E-state index contributed by atoms with van der Waals surface area (Å²) in [6, 6.07) is 8.46. The van der Waals surface area contributed by atoms with E-state index in [1.807, 2.05) is 12.1 Å². The predicted molar refractivity (Wildman–Crippen MR) is 88.8 cm³/mol. The van der Waals surface area contributed by atoms with Crippen molar-refractivity contribution in [2.75, 3.05) is 18.0 Å². The number of hydrogen-bond donors (Lipinski definition) is 1. The average Bonchev–Trinajstić information content (AvgIpc) is 3.19. The van der Waals surface area contributed by atoms with Crippen molar-refractivity contribution < 1.29 is 9.72 Å². The van der Waals surface area contributed by atoms with Crippen molar-refractivity contribution in [3.05, 3.63) is 52.3 Å². The number of hydrogen-bond acceptors (Lipinski definition) is 5. The van der Waals surface area contributed by atoms with Crippen LogP contribution in [0.3, 0.4) is 0 Å². The Bertz CT molecular complexity index is 758. The number of rotatable bonds is 6. The summed E-state index contributed by atoms with van der Waals surface area (Å²) in [6.45, 7) is 3.50. The Kier molecular flexibility index (Phi) is 4.45. The van der Waals surface area contributed by atoms with E-state index in [0.29, 0.717) is 6.54 Å². The zero-order chi connectivity index (χ0) is 17.1. The number of benzene rings is 1. The second-order valence-electron chi connectivity index (χ2n) is 5.88. The number of carbonyl (C=O) groups is 1. The molecule has 0 fully saturated rings. The summed E-state index contributed by atoms with van der Waals surface area (Å²) in [5, 5.41) is 17.3. The van der Waals surface area contributed by atoms with Crippen LogP contribution in [0.25, 0.3) is 0 Å². The molecule has 2 aromatic rings. The fourth-order valence-corrected chi connectivity index (χ4v) is 2.93. The van der Waals surface area contributed by atoms with Crippen LogP contribution in [-0.2, 0) is 17.8 Å². The summed E-state index contributed by atoms with van der Waals surface area (Å²) >= 11 is 0. The third-order valence-corrected chi connectivity index (χ3v) is 4.19. The maximum atomic E-state index is 12.0. The molecule has 0 radical (unpaired) electrons. The monoisotopic (exact) mass is 329 g/mol. The fraction of sp³-hybridized carbons (Fsp3) is 0.375. The Morgan fingerprint density at radius 1 is 1.46 bits per heavy atom. The van der Waals surface area contributed by atoms with Gasteiger partial charge >= 0.3 is 5.69 Å². The first-order valence-corrected chi connectivity index (χ1v) is 7.82. The minimum absolute atomic E-state index is 0.0306. The number of anilines is 1. The number of nitro groups is 1. The number of carbonyl (C=O) groups excluding carboxylic acids is 1. The Hall–Kier alpha value is -2.90. The first-order chi connectivity index (χ1) is 11.5. The van der Waals surface area contributed by atoms with Gasteiger partial charge in [-0.3, -0.25) is 19.6 Å². The lowest BCUT2D eigenvalue weighted by Gasteiger charge is -2.27. The quantitative estimate of drug-likeness (QED) is 0.638. The highest BCUT2D eigenvalue weighted by Crippen LogP contribution is 2.28. The van der Waals surface area contributed by atoms with E-state index in [4.69, 9.17) is 0 Å². The predicted octanol–water partition coefficient (Wildman–Crippen LogP) is 1.36. The largest absolute Gasteiger partial charge is 0.366 e. The molecule has 8 nitrogen and oxygen atoms in total. The lowest BCUT2D eigenvalue weighted by atomic mass is 10.2. The maximum absolute atomic E-state index is 12.0. The van der Waals surface area contributed by atoms with Crippen LogP contribution in [0, 0.1) is 10.1 Å². The van der Waals surface area contributed by atoms with Crippen molar-refractivity contribution in [3.63, 3.8) is 0 Å². The normalized spacial score (nSPS) is 14.3. The number of nitrogens with zero attached hydrogens (tertiary/aromatic N) is 4. The zero-order valence-electron chi connectivity index (χ0n) is 13.4. The van der Waals surface area contributed by atoms with Crippen molar-refractivity contribution in [3.8, 4) is 0 Å². The maximum Gasteiger partial charge on any atom is 0.307 e. The average molecular weight is 329 g/mol. The first-order valence-electron chi connectivity index (χ1n) is 7.82. The molecule has 3 rings (SSSR count). The van der Waals surface area contributed by atoms with Gasteiger partial charge in [0.1, 0.15) is 18.9 Å². The zero-order valence-corrected chi connectivity index (χ0v) is 13.4. The molecule has 1 aromatic carbocycles. The molecule has 2 heterocycles. The van der Waals surface area contributed by atoms with Crippen LogP contribution in [0.2, 0.25) is 0 Å². The summed E-state index contributed by atoms with van der Waals surface area (Å²) in [4.78, 5) is 24.4. The van der Waals surface area contributed by atoms with E-state index >= 15 is 0 Å². The molecule has 1 amide bonds. The molecule has 24 heavy (non-hydrogen) atoms. The molecule has 1 N–H and O–H groups in total.